The minimum Gasteiger partial charge on any atom is -0.268 e. The molecule has 2 aliphatic heterocycles. The Labute approximate surface area is 371 Å². The Morgan fingerprint density at radius 2 is 0.825 bits per heavy atom. The van der Waals surface area contributed by atoms with Crippen molar-refractivity contribution in [2.45, 2.75) is 46.0 Å². The summed E-state index contributed by atoms with van der Waals surface area (Å²) in [4.78, 5) is 80.7. The van der Waals surface area contributed by atoms with E-state index in [1.165, 1.54) is 51.5 Å². The second-order valence-electron chi connectivity index (χ2n) is 17.3. The lowest BCUT2D eigenvalue weighted by atomic mass is 9.67. The number of aromatic nitrogens is 4. The summed E-state index contributed by atoms with van der Waals surface area (Å²) in [6.07, 6.45) is 4.76. The topological polar surface area (TPSA) is 167 Å². The molecule has 0 unspecified atom stereocenters. The van der Waals surface area contributed by atoms with Crippen molar-refractivity contribution in [2.24, 2.45) is 11.8 Å². The largest absolute Gasteiger partial charge is 0.333 e. The summed E-state index contributed by atoms with van der Waals surface area (Å²) in [6.45, 7) is 9.01. The number of amides is 8. The summed E-state index contributed by atoms with van der Waals surface area (Å²) in [5.74, 6) is -2.02. The Balaban J connectivity index is 1.14. The molecular formula is C47H42N8O6S2. The molecular weight excluding hydrogens is 837 g/mol. The van der Waals surface area contributed by atoms with Crippen LogP contribution >= 0.6 is 23.5 Å². The van der Waals surface area contributed by atoms with Crippen LogP contribution in [-0.4, -0.2) is 101 Å². The van der Waals surface area contributed by atoms with Gasteiger partial charge in [0, 0.05) is 55.9 Å². The molecule has 2 aromatic heterocycles. The molecule has 2 saturated heterocycles. The fraction of sp³-hybridized carbons (Fsp3) is 0.277. The minimum absolute atomic E-state index is 0.129. The Bertz CT molecular complexity index is 2830. The van der Waals surface area contributed by atoms with Gasteiger partial charge in [-0.3, -0.25) is 38.8 Å². The zero-order valence-corrected chi connectivity index (χ0v) is 37.5. The number of barbiturate groups is 2. The predicted octanol–water partition coefficient (Wildman–Crippen LogP) is 8.26. The lowest BCUT2D eigenvalue weighted by Crippen LogP contribution is -2.52. The molecule has 0 N–H and O–H groups in total. The Kier molecular flexibility index (Phi) is 10.1. The van der Waals surface area contributed by atoms with Crippen LogP contribution in [0.5, 0.6) is 0 Å². The molecule has 2 fully saturated rings. The molecule has 6 aromatic rings. The highest BCUT2D eigenvalue weighted by atomic mass is 32.1. The van der Waals surface area contributed by atoms with Gasteiger partial charge in [-0.15, -0.1) is 0 Å². The van der Waals surface area contributed by atoms with Crippen molar-refractivity contribution >= 4 is 93.4 Å². The number of carbonyl (C=O) groups excluding carboxylic acids is 6. The van der Waals surface area contributed by atoms with E-state index < -0.39 is 35.7 Å². The van der Waals surface area contributed by atoms with Gasteiger partial charge >= 0.3 is 12.1 Å². The third-order valence-electron chi connectivity index (χ3n) is 12.3. The van der Waals surface area contributed by atoms with Gasteiger partial charge in [-0.2, -0.15) is 17.5 Å². The Morgan fingerprint density at radius 1 is 0.492 bits per heavy atom. The second kappa shape index (κ2) is 15.2. The third-order valence-corrected chi connectivity index (χ3v) is 13.3. The lowest BCUT2D eigenvalue weighted by Gasteiger charge is -2.36. The molecule has 1 aliphatic carbocycles. The molecule has 4 heterocycles. The van der Waals surface area contributed by atoms with Gasteiger partial charge in [0.05, 0.1) is 23.5 Å². The number of imide groups is 4. The van der Waals surface area contributed by atoms with Crippen LogP contribution in [0.1, 0.15) is 62.8 Å². The quantitative estimate of drug-likeness (QED) is 0.107. The molecule has 8 amide bonds. The van der Waals surface area contributed by atoms with E-state index in [0.717, 1.165) is 89.3 Å². The monoisotopic (exact) mass is 878 g/mol. The van der Waals surface area contributed by atoms with E-state index in [-0.39, 0.29) is 16.6 Å². The van der Waals surface area contributed by atoms with Crippen molar-refractivity contribution in [2.75, 3.05) is 28.2 Å². The number of nitrogens with zero attached hydrogens (tertiary/aromatic N) is 8. The minimum atomic E-state index is -0.688. The maximum Gasteiger partial charge on any atom is 0.333 e. The van der Waals surface area contributed by atoms with Gasteiger partial charge in [-0.25, -0.2) is 9.59 Å². The van der Waals surface area contributed by atoms with Crippen LogP contribution in [0.15, 0.2) is 71.8 Å². The first kappa shape index (κ1) is 41.6. The van der Waals surface area contributed by atoms with E-state index in [0.29, 0.717) is 45.0 Å². The molecule has 0 spiro atoms. The number of rotatable bonds is 8. The van der Waals surface area contributed by atoms with Crippen molar-refractivity contribution in [3.05, 3.63) is 94.1 Å². The Hall–Kier alpha value is -6.78. The van der Waals surface area contributed by atoms with Crippen LogP contribution in [0.2, 0.25) is 0 Å². The van der Waals surface area contributed by atoms with Crippen LogP contribution in [-0.2, 0) is 24.6 Å². The normalized spacial score (nSPS) is 16.5. The zero-order valence-electron chi connectivity index (χ0n) is 35.8. The van der Waals surface area contributed by atoms with E-state index in [4.69, 9.17) is 8.75 Å². The molecule has 16 heteroatoms. The highest BCUT2D eigenvalue weighted by molar-refractivity contribution is 7.00. The number of fused-ring (bicyclic) bond motifs is 5. The fourth-order valence-electron chi connectivity index (χ4n) is 9.48. The molecule has 0 atom stereocenters. The number of urea groups is 2. The first-order chi connectivity index (χ1) is 30.0. The SMILES string of the molecule is CC(C)CC1(CC(C)C)c2cc(-c3ccc(C=C4C(=O)N(C)C(=O)N(C)C4=O)c4nsnc34)ccc2-c2ccc(-c3ccc(C=C4C(=O)N(C)C(=O)N(C)C4=O)c4nsnc34)cc21. The van der Waals surface area contributed by atoms with Gasteiger partial charge in [0.2, 0.25) is 0 Å². The summed E-state index contributed by atoms with van der Waals surface area (Å²) in [5.41, 5.74) is 11.3. The van der Waals surface area contributed by atoms with E-state index in [9.17, 15) is 28.8 Å². The van der Waals surface area contributed by atoms with Crippen LogP contribution in [0.4, 0.5) is 9.59 Å². The van der Waals surface area contributed by atoms with E-state index >= 15 is 0 Å². The number of benzene rings is 4. The highest BCUT2D eigenvalue weighted by Crippen LogP contribution is 2.57. The second-order valence-corrected chi connectivity index (χ2v) is 18.3. The molecule has 318 valence electrons. The third kappa shape index (κ3) is 6.49. The Morgan fingerprint density at radius 3 is 1.17 bits per heavy atom. The van der Waals surface area contributed by atoms with Crippen LogP contribution in [0, 0.1) is 11.8 Å². The average Bonchev–Trinajstić information content (AvgIpc) is 4.02. The maximum absolute atomic E-state index is 13.1. The van der Waals surface area contributed by atoms with Crippen molar-refractivity contribution in [1.82, 2.24) is 37.1 Å². The van der Waals surface area contributed by atoms with E-state index in [1.807, 2.05) is 24.3 Å². The summed E-state index contributed by atoms with van der Waals surface area (Å²) in [7, 11) is 5.39. The van der Waals surface area contributed by atoms with Gasteiger partial charge < -0.3 is 0 Å². The first-order valence-corrected chi connectivity index (χ1v) is 21.9. The standard InChI is InChI=1S/C47H42N8O6S2/c1-23(2)21-47(22-24(3)4)35-19-25(29-13-11-27(37-39(29)50-62-48-37)17-33-41(56)52(5)45(60)53(6)42(33)57)9-15-31(35)32-16-10-26(20-36(32)47)30-14-12-28(38-40(30)51-63-49-38)18-34-43(58)54(7)46(61)55(8)44(34)59/h9-20,23-24H,21-22H2,1-8H3. The van der Waals surface area contributed by atoms with Gasteiger partial charge in [0.1, 0.15) is 33.2 Å². The van der Waals surface area contributed by atoms with E-state index in [1.54, 1.807) is 0 Å². The highest BCUT2D eigenvalue weighted by Gasteiger charge is 2.45. The molecule has 0 radical (unpaired) electrons. The molecule has 0 bridgehead atoms. The summed E-state index contributed by atoms with van der Waals surface area (Å²) in [6, 6.07) is 19.4. The van der Waals surface area contributed by atoms with Gasteiger partial charge in [-0.05, 0) is 82.3 Å². The van der Waals surface area contributed by atoms with Crippen LogP contribution < -0.4 is 0 Å². The fourth-order valence-corrected chi connectivity index (χ4v) is 10.6. The lowest BCUT2D eigenvalue weighted by molar-refractivity contribution is -0.135. The van der Waals surface area contributed by atoms with Gasteiger partial charge in [0.15, 0.2) is 0 Å². The number of hydrogen-bond acceptors (Lipinski definition) is 12. The molecule has 4 aromatic carbocycles. The first-order valence-electron chi connectivity index (χ1n) is 20.5. The van der Waals surface area contributed by atoms with Gasteiger partial charge in [-0.1, -0.05) is 76.2 Å². The van der Waals surface area contributed by atoms with Gasteiger partial charge in [0.25, 0.3) is 23.6 Å². The average molecular weight is 879 g/mol. The maximum atomic E-state index is 13.1. The molecule has 0 saturated carbocycles. The van der Waals surface area contributed by atoms with Crippen molar-refractivity contribution in [3.63, 3.8) is 0 Å². The number of likely N-dealkylation sites (N-methyl/N-ethyl adjacent to an activating group) is 4. The molecule has 3 aliphatic rings. The summed E-state index contributed by atoms with van der Waals surface area (Å²) >= 11 is 2.10. The number of carbonyl (C=O) groups is 6. The van der Waals surface area contributed by atoms with Crippen molar-refractivity contribution in [1.29, 1.82) is 0 Å². The van der Waals surface area contributed by atoms with Crippen LogP contribution in [0.3, 0.4) is 0 Å². The predicted molar refractivity (Wildman–Crippen MR) is 242 cm³/mol. The molecule has 14 nitrogen and oxygen atoms in total. The zero-order chi connectivity index (χ0) is 44.8. The van der Waals surface area contributed by atoms with E-state index in [2.05, 4.69) is 72.8 Å². The smallest absolute Gasteiger partial charge is 0.268 e. The molecule has 63 heavy (non-hydrogen) atoms. The summed E-state index contributed by atoms with van der Waals surface area (Å²) < 4.78 is 18.6. The molecule has 9 rings (SSSR count). The van der Waals surface area contributed by atoms with Crippen LogP contribution in [0.25, 0.3) is 67.6 Å². The number of hydrogen-bond donors (Lipinski definition) is 0. The van der Waals surface area contributed by atoms with Crippen molar-refractivity contribution < 1.29 is 28.8 Å². The van der Waals surface area contributed by atoms with Crippen molar-refractivity contribution in [3.8, 4) is 33.4 Å². The summed E-state index contributed by atoms with van der Waals surface area (Å²) in [5, 5.41) is 0.